The fourth-order valence-corrected chi connectivity index (χ4v) is 4.39. The molecule has 0 N–H and O–H groups in total. The topological polar surface area (TPSA) is 69.3 Å². The molecule has 0 spiro atoms. The summed E-state index contributed by atoms with van der Waals surface area (Å²) >= 11 is 6.53. The highest BCUT2D eigenvalue weighted by Gasteiger charge is 2.31. The highest BCUT2D eigenvalue weighted by molar-refractivity contribution is 8.26. The second kappa shape index (κ2) is 8.06. The molecule has 0 saturated carbocycles. The molecule has 0 aromatic carbocycles. The Hall–Kier alpha value is -2.11. The van der Waals surface area contributed by atoms with Crippen LogP contribution in [0.3, 0.4) is 0 Å². The zero-order valence-corrected chi connectivity index (χ0v) is 17.3. The smallest absolute Gasteiger partial charge is 0.270 e. The van der Waals surface area contributed by atoms with Crippen LogP contribution in [0, 0.1) is 18.3 Å². The van der Waals surface area contributed by atoms with Crippen molar-refractivity contribution >= 4 is 46.1 Å². The van der Waals surface area contributed by atoms with Gasteiger partial charge >= 0.3 is 0 Å². The molecule has 2 rings (SSSR count). The number of hydrogen-bond donors (Lipinski definition) is 0. The summed E-state index contributed by atoms with van der Waals surface area (Å²) in [5, 5.41) is 9.43. The molecule has 2 heterocycles. The molecule has 1 amide bonds. The maximum absolute atomic E-state index is 12.6. The number of carbonyl (C=O) groups excluding carboxylic acids is 1. The summed E-state index contributed by atoms with van der Waals surface area (Å²) in [6, 6.07) is 2.00. The van der Waals surface area contributed by atoms with Gasteiger partial charge in [0.2, 0.25) is 0 Å². The Morgan fingerprint density at radius 1 is 1.27 bits per heavy atom. The number of pyridine rings is 1. The van der Waals surface area contributed by atoms with Crippen LogP contribution in [-0.2, 0) is 11.8 Å². The molecule has 6 nitrogen and oxygen atoms in total. The molecule has 8 heteroatoms. The SMILES string of the molecule is CCN1C(=O)C(=Cc2c(C)c(C#N)c(=O)n(C)c2N(CC)CC)SC1=S. The Balaban J connectivity index is 2.79. The molecule has 0 atom stereocenters. The molecule has 1 aromatic rings. The number of rotatable bonds is 5. The number of aromatic nitrogens is 1. The maximum atomic E-state index is 12.6. The fourth-order valence-electron chi connectivity index (χ4n) is 3.02. The van der Waals surface area contributed by atoms with Gasteiger partial charge in [0.1, 0.15) is 21.8 Å². The minimum atomic E-state index is -0.329. The van der Waals surface area contributed by atoms with Gasteiger partial charge in [0.15, 0.2) is 0 Å². The zero-order chi connectivity index (χ0) is 19.6. The Labute approximate surface area is 163 Å². The third-order valence-corrected chi connectivity index (χ3v) is 5.87. The Morgan fingerprint density at radius 2 is 1.88 bits per heavy atom. The van der Waals surface area contributed by atoms with Gasteiger partial charge in [-0.15, -0.1) is 0 Å². The predicted octanol–water partition coefficient (Wildman–Crippen LogP) is 2.63. The highest BCUT2D eigenvalue weighted by Crippen LogP contribution is 2.35. The van der Waals surface area contributed by atoms with E-state index in [0.29, 0.717) is 45.8 Å². The Kier molecular flexibility index (Phi) is 6.26. The average Bonchev–Trinajstić information content (AvgIpc) is 2.89. The van der Waals surface area contributed by atoms with Crippen molar-refractivity contribution in [3.63, 3.8) is 0 Å². The second-order valence-electron chi connectivity index (χ2n) is 5.81. The molecule has 0 radical (unpaired) electrons. The van der Waals surface area contributed by atoms with Crippen LogP contribution in [0.4, 0.5) is 5.82 Å². The molecular formula is C18H22N4O2S2. The zero-order valence-electron chi connectivity index (χ0n) is 15.6. The van der Waals surface area contributed by atoms with Crippen molar-refractivity contribution in [2.75, 3.05) is 24.5 Å². The first-order chi connectivity index (χ1) is 12.3. The molecule has 0 aliphatic carbocycles. The van der Waals surface area contributed by atoms with Crippen molar-refractivity contribution in [2.45, 2.75) is 27.7 Å². The monoisotopic (exact) mass is 390 g/mol. The summed E-state index contributed by atoms with van der Waals surface area (Å²) in [5.41, 5.74) is 1.06. The van der Waals surface area contributed by atoms with E-state index in [9.17, 15) is 14.9 Å². The predicted molar refractivity (Wildman–Crippen MR) is 110 cm³/mol. The average molecular weight is 391 g/mol. The summed E-state index contributed by atoms with van der Waals surface area (Å²) in [6.45, 7) is 9.54. The number of nitrogens with zero attached hydrogens (tertiary/aromatic N) is 4. The molecule has 0 bridgehead atoms. The van der Waals surface area contributed by atoms with Crippen molar-refractivity contribution < 1.29 is 4.79 Å². The number of amides is 1. The van der Waals surface area contributed by atoms with Crippen LogP contribution in [0.15, 0.2) is 9.70 Å². The van der Waals surface area contributed by atoms with Crippen LogP contribution in [0.5, 0.6) is 0 Å². The van der Waals surface area contributed by atoms with Gasteiger partial charge in [0, 0.05) is 32.2 Å². The van der Waals surface area contributed by atoms with Gasteiger partial charge in [-0.3, -0.25) is 19.1 Å². The first kappa shape index (κ1) is 20.2. The van der Waals surface area contributed by atoms with Gasteiger partial charge in [-0.25, -0.2) is 0 Å². The summed E-state index contributed by atoms with van der Waals surface area (Å²) in [5.74, 6) is 0.568. The lowest BCUT2D eigenvalue weighted by Gasteiger charge is -2.27. The summed E-state index contributed by atoms with van der Waals surface area (Å²) in [7, 11) is 1.66. The van der Waals surface area contributed by atoms with E-state index in [1.54, 1.807) is 24.9 Å². The molecule has 1 aliphatic heterocycles. The van der Waals surface area contributed by atoms with Gasteiger partial charge in [-0.05, 0) is 39.3 Å². The normalized spacial score (nSPS) is 15.7. The van der Waals surface area contributed by atoms with E-state index in [0.717, 1.165) is 0 Å². The van der Waals surface area contributed by atoms with Gasteiger partial charge in [-0.2, -0.15) is 5.26 Å². The second-order valence-corrected chi connectivity index (χ2v) is 7.49. The highest BCUT2D eigenvalue weighted by atomic mass is 32.2. The van der Waals surface area contributed by atoms with Crippen LogP contribution >= 0.6 is 24.0 Å². The number of nitriles is 1. The summed E-state index contributed by atoms with van der Waals surface area (Å²) < 4.78 is 2.02. The lowest BCUT2D eigenvalue weighted by molar-refractivity contribution is -0.121. The van der Waals surface area contributed by atoms with Gasteiger partial charge < -0.3 is 4.90 Å². The number of hydrogen-bond acceptors (Lipinski definition) is 6. The van der Waals surface area contributed by atoms with Crippen molar-refractivity contribution in [3.05, 3.63) is 31.9 Å². The van der Waals surface area contributed by atoms with Gasteiger partial charge in [0.25, 0.3) is 11.5 Å². The van der Waals surface area contributed by atoms with E-state index < -0.39 is 0 Å². The lowest BCUT2D eigenvalue weighted by Crippen LogP contribution is -2.33. The number of anilines is 1. The number of carbonyl (C=O) groups is 1. The molecule has 138 valence electrons. The number of thiocarbonyl (C=S) groups is 1. The molecule has 1 aromatic heterocycles. The van der Waals surface area contributed by atoms with E-state index in [1.807, 2.05) is 31.7 Å². The van der Waals surface area contributed by atoms with Crippen LogP contribution in [-0.4, -0.2) is 39.3 Å². The molecule has 1 fully saturated rings. The van der Waals surface area contributed by atoms with Crippen LogP contribution in [0.2, 0.25) is 0 Å². The third kappa shape index (κ3) is 3.29. The number of thioether (sulfide) groups is 1. The van der Waals surface area contributed by atoms with Crippen LogP contribution in [0.25, 0.3) is 6.08 Å². The molecule has 0 unspecified atom stereocenters. The molecular weight excluding hydrogens is 368 g/mol. The van der Waals surface area contributed by atoms with E-state index in [2.05, 4.69) is 0 Å². The summed E-state index contributed by atoms with van der Waals surface area (Å²) in [4.78, 5) is 29.3. The fraction of sp³-hybridized carbons (Fsp3) is 0.444. The van der Waals surface area contributed by atoms with E-state index in [4.69, 9.17) is 12.2 Å². The third-order valence-electron chi connectivity index (χ3n) is 4.50. The van der Waals surface area contributed by atoms with Crippen LogP contribution < -0.4 is 10.5 Å². The summed E-state index contributed by atoms with van der Waals surface area (Å²) in [6.07, 6.45) is 1.76. The first-order valence-corrected chi connectivity index (χ1v) is 9.68. The van der Waals surface area contributed by atoms with Crippen molar-refractivity contribution in [1.82, 2.24) is 9.47 Å². The van der Waals surface area contributed by atoms with E-state index >= 15 is 0 Å². The van der Waals surface area contributed by atoms with E-state index in [1.165, 1.54) is 16.3 Å². The van der Waals surface area contributed by atoms with Gasteiger partial charge in [-0.1, -0.05) is 24.0 Å². The quantitative estimate of drug-likeness (QED) is 0.569. The number of likely N-dealkylation sites (N-methyl/N-ethyl adjacent to an activating group) is 1. The minimum absolute atomic E-state index is 0.0978. The van der Waals surface area contributed by atoms with Crippen molar-refractivity contribution in [2.24, 2.45) is 7.05 Å². The standard InChI is InChI=1S/C18H22N4O2S2/c1-6-21(7-2)15-12(11(4)13(10-19)16(23)20(15)5)9-14-17(24)22(8-3)18(25)26-14/h9H,6-8H2,1-5H3. The van der Waals surface area contributed by atoms with Crippen molar-refractivity contribution in [1.29, 1.82) is 5.26 Å². The van der Waals surface area contributed by atoms with Crippen molar-refractivity contribution in [3.8, 4) is 6.07 Å². The van der Waals surface area contributed by atoms with Crippen LogP contribution in [0.1, 0.15) is 37.5 Å². The maximum Gasteiger partial charge on any atom is 0.270 e. The molecule has 26 heavy (non-hydrogen) atoms. The largest absolute Gasteiger partial charge is 0.358 e. The Bertz CT molecular complexity index is 892. The molecule has 1 aliphatic rings. The first-order valence-electron chi connectivity index (χ1n) is 8.46. The van der Waals surface area contributed by atoms with Gasteiger partial charge in [0.05, 0.1) is 4.91 Å². The van der Waals surface area contributed by atoms with E-state index in [-0.39, 0.29) is 17.0 Å². The Morgan fingerprint density at radius 3 is 2.35 bits per heavy atom. The minimum Gasteiger partial charge on any atom is -0.358 e. The molecule has 1 saturated heterocycles. The lowest BCUT2D eigenvalue weighted by atomic mass is 10.0.